The third-order valence-electron chi connectivity index (χ3n) is 5.70. The summed E-state index contributed by atoms with van der Waals surface area (Å²) < 4.78 is 32.9. The van der Waals surface area contributed by atoms with Crippen molar-refractivity contribution in [1.82, 2.24) is 14.9 Å². The molecule has 4 N–H and O–H groups in total. The number of hydrogen-bond donors (Lipinski definition) is 3. The number of thiophene rings is 1. The lowest BCUT2D eigenvalue weighted by molar-refractivity contribution is -0.309. The van der Waals surface area contributed by atoms with Gasteiger partial charge in [-0.25, -0.2) is 13.1 Å². The SMILES string of the molecule is NC(=O)[C@@H](Cc1ccccc1)NC(=O)[C@@H]1C[C@@H](NS(=O)(=O)c2cccs2)CCN1C(=O)COCC(=O)[O-]. The summed E-state index contributed by atoms with van der Waals surface area (Å²) in [5.41, 5.74) is 6.26. The lowest BCUT2D eigenvalue weighted by atomic mass is 9.96. The highest BCUT2D eigenvalue weighted by atomic mass is 32.2. The Hall–Kier alpha value is -3.33. The number of benzene rings is 1. The molecule has 200 valence electrons. The van der Waals surface area contributed by atoms with Crippen LogP contribution < -0.4 is 20.9 Å². The van der Waals surface area contributed by atoms with E-state index in [1.807, 2.05) is 0 Å². The van der Waals surface area contributed by atoms with Gasteiger partial charge in [0.2, 0.25) is 27.7 Å². The summed E-state index contributed by atoms with van der Waals surface area (Å²) in [7, 11) is -3.84. The first-order valence-electron chi connectivity index (χ1n) is 11.3. The van der Waals surface area contributed by atoms with Gasteiger partial charge in [0, 0.05) is 19.0 Å². The number of likely N-dealkylation sites (tertiary alicyclic amines) is 1. The van der Waals surface area contributed by atoms with Crippen molar-refractivity contribution in [2.45, 2.75) is 41.6 Å². The van der Waals surface area contributed by atoms with Crippen molar-refractivity contribution in [2.75, 3.05) is 19.8 Å². The number of hydrogen-bond acceptors (Lipinski definition) is 9. The predicted octanol–water partition coefficient (Wildman–Crippen LogP) is -1.63. The molecule has 37 heavy (non-hydrogen) atoms. The zero-order valence-electron chi connectivity index (χ0n) is 19.7. The number of ether oxygens (including phenoxy) is 1. The van der Waals surface area contributed by atoms with Gasteiger partial charge in [0.05, 0.1) is 12.6 Å². The van der Waals surface area contributed by atoms with Crippen molar-refractivity contribution in [2.24, 2.45) is 5.73 Å². The van der Waals surface area contributed by atoms with E-state index in [2.05, 4.69) is 10.0 Å². The van der Waals surface area contributed by atoms with E-state index in [4.69, 9.17) is 10.5 Å². The molecule has 0 unspecified atom stereocenters. The van der Waals surface area contributed by atoms with Gasteiger partial charge in [-0.3, -0.25) is 14.4 Å². The van der Waals surface area contributed by atoms with E-state index >= 15 is 0 Å². The zero-order chi connectivity index (χ0) is 27.0. The number of sulfonamides is 1. The number of nitrogens with one attached hydrogen (secondary N) is 2. The van der Waals surface area contributed by atoms with Crippen molar-refractivity contribution in [3.8, 4) is 0 Å². The van der Waals surface area contributed by atoms with Gasteiger partial charge in [-0.2, -0.15) is 0 Å². The van der Waals surface area contributed by atoms with Crippen molar-refractivity contribution in [3.05, 3.63) is 53.4 Å². The predicted molar refractivity (Wildman–Crippen MR) is 130 cm³/mol. The molecule has 12 nitrogen and oxygen atoms in total. The van der Waals surface area contributed by atoms with Crippen LogP contribution in [0, 0.1) is 0 Å². The number of piperidine rings is 1. The largest absolute Gasteiger partial charge is 0.548 e. The molecule has 1 aliphatic heterocycles. The molecule has 3 rings (SSSR count). The van der Waals surface area contributed by atoms with Crippen LogP contribution in [-0.4, -0.2) is 74.9 Å². The molecule has 1 aromatic carbocycles. The zero-order valence-corrected chi connectivity index (χ0v) is 21.3. The normalized spacial score (nSPS) is 18.6. The van der Waals surface area contributed by atoms with Crippen LogP contribution >= 0.6 is 11.3 Å². The lowest BCUT2D eigenvalue weighted by Gasteiger charge is -2.39. The molecular formula is C23H27N4O8S2-. The lowest BCUT2D eigenvalue weighted by Crippen LogP contribution is -2.60. The van der Waals surface area contributed by atoms with E-state index in [0.717, 1.165) is 16.9 Å². The third kappa shape index (κ3) is 8.08. The highest BCUT2D eigenvalue weighted by Crippen LogP contribution is 2.22. The number of carbonyl (C=O) groups excluding carboxylic acids is 4. The summed E-state index contributed by atoms with van der Waals surface area (Å²) in [6.07, 6.45) is 0.231. The second-order valence-electron chi connectivity index (χ2n) is 8.40. The molecule has 1 aliphatic rings. The number of rotatable bonds is 12. The number of carboxylic acid groups (broad SMARTS) is 1. The average molecular weight is 552 g/mol. The van der Waals surface area contributed by atoms with Crippen molar-refractivity contribution >= 4 is 45.1 Å². The van der Waals surface area contributed by atoms with E-state index < -0.39 is 65.1 Å². The van der Waals surface area contributed by atoms with Crippen LogP contribution in [0.3, 0.4) is 0 Å². The fourth-order valence-corrected chi connectivity index (χ4v) is 6.25. The maximum Gasteiger partial charge on any atom is 0.250 e. The first-order chi connectivity index (χ1) is 17.6. The summed E-state index contributed by atoms with van der Waals surface area (Å²) in [5.74, 6) is -3.65. The van der Waals surface area contributed by atoms with Crippen LogP contribution in [0.25, 0.3) is 0 Å². The van der Waals surface area contributed by atoms with Gasteiger partial charge in [-0.05, 0) is 29.9 Å². The average Bonchev–Trinajstić information content (AvgIpc) is 3.40. The number of carbonyl (C=O) groups is 4. The highest BCUT2D eigenvalue weighted by molar-refractivity contribution is 7.91. The molecule has 1 saturated heterocycles. The summed E-state index contributed by atoms with van der Waals surface area (Å²) in [4.78, 5) is 49.9. The van der Waals surface area contributed by atoms with E-state index in [0.29, 0.717) is 0 Å². The molecule has 2 heterocycles. The number of aliphatic carboxylic acids is 1. The number of amides is 3. The van der Waals surface area contributed by atoms with Gasteiger partial charge in [0.15, 0.2) is 0 Å². The second kappa shape index (κ2) is 12.8. The van der Waals surface area contributed by atoms with Crippen molar-refractivity contribution in [1.29, 1.82) is 0 Å². The van der Waals surface area contributed by atoms with E-state index in [1.54, 1.807) is 41.8 Å². The molecule has 2 aromatic rings. The van der Waals surface area contributed by atoms with Gasteiger partial charge in [-0.15, -0.1) is 11.3 Å². The summed E-state index contributed by atoms with van der Waals surface area (Å²) in [5, 5.41) is 14.8. The molecule has 1 aromatic heterocycles. The van der Waals surface area contributed by atoms with Crippen molar-refractivity contribution in [3.63, 3.8) is 0 Å². The smallest absolute Gasteiger partial charge is 0.250 e. The van der Waals surface area contributed by atoms with Gasteiger partial charge >= 0.3 is 0 Å². The molecule has 1 fully saturated rings. The quantitative estimate of drug-likeness (QED) is 0.280. The van der Waals surface area contributed by atoms with Crippen molar-refractivity contribution < 1.29 is 37.4 Å². The third-order valence-corrected chi connectivity index (χ3v) is 8.61. The Kier molecular flexibility index (Phi) is 9.74. The Morgan fingerprint density at radius 2 is 1.86 bits per heavy atom. The van der Waals surface area contributed by atoms with Crippen LogP contribution in [0.4, 0.5) is 0 Å². The number of nitrogens with two attached hydrogens (primary N) is 1. The number of nitrogens with zero attached hydrogens (tertiary/aromatic N) is 1. The Labute approximate surface area is 217 Å². The Balaban J connectivity index is 1.76. The van der Waals surface area contributed by atoms with Gasteiger partial charge < -0.3 is 30.6 Å². The van der Waals surface area contributed by atoms with Gasteiger partial charge in [0.25, 0.3) is 0 Å². The van der Waals surface area contributed by atoms with Gasteiger partial charge in [0.1, 0.15) is 22.9 Å². The minimum Gasteiger partial charge on any atom is -0.548 e. The van der Waals surface area contributed by atoms with E-state index in [-0.39, 0.29) is 30.0 Å². The first-order valence-corrected chi connectivity index (χ1v) is 13.7. The minimum absolute atomic E-state index is 0.0108. The van der Waals surface area contributed by atoms with E-state index in [1.165, 1.54) is 11.0 Å². The maximum absolute atomic E-state index is 13.3. The summed E-state index contributed by atoms with van der Waals surface area (Å²) >= 11 is 1.04. The van der Waals surface area contributed by atoms with Crippen LogP contribution in [0.1, 0.15) is 18.4 Å². The maximum atomic E-state index is 13.3. The Morgan fingerprint density at radius 3 is 2.49 bits per heavy atom. The van der Waals surface area contributed by atoms with Crippen LogP contribution in [0.15, 0.2) is 52.1 Å². The number of carboxylic acids is 1. The monoisotopic (exact) mass is 551 g/mol. The highest BCUT2D eigenvalue weighted by Gasteiger charge is 2.39. The van der Waals surface area contributed by atoms with Crippen LogP contribution in [0.5, 0.6) is 0 Å². The molecule has 3 atom stereocenters. The fraction of sp³-hybridized carbons (Fsp3) is 0.391. The Morgan fingerprint density at radius 1 is 1.14 bits per heavy atom. The molecular weight excluding hydrogens is 524 g/mol. The van der Waals surface area contributed by atoms with Gasteiger partial charge in [-0.1, -0.05) is 36.4 Å². The first kappa shape index (κ1) is 28.2. The number of primary amides is 1. The fourth-order valence-electron chi connectivity index (χ4n) is 3.96. The molecule has 0 saturated carbocycles. The minimum atomic E-state index is -3.84. The molecule has 3 amide bonds. The standard InChI is InChI=1S/C23H28N4O8S2/c24-22(31)17(11-15-5-2-1-3-6-15)25-23(32)18-12-16(26-37(33,34)21-7-4-10-36-21)8-9-27(18)19(28)13-35-14-20(29)30/h1-7,10,16-18,26H,8-9,11-14H2,(H2,24,31)(H,25,32)(H,29,30)/p-1/t16-,17+,18-/m0/s1. The topological polar surface area (TPSA) is 188 Å². The molecule has 0 spiro atoms. The molecule has 14 heteroatoms. The Bertz CT molecular complexity index is 1200. The summed E-state index contributed by atoms with van der Waals surface area (Å²) in [6, 6.07) is 8.99. The molecule has 0 radical (unpaired) electrons. The summed E-state index contributed by atoms with van der Waals surface area (Å²) in [6.45, 7) is -1.43. The van der Waals surface area contributed by atoms with Crippen LogP contribution in [-0.2, 0) is 40.4 Å². The second-order valence-corrected chi connectivity index (χ2v) is 11.3. The molecule has 0 bridgehead atoms. The molecule has 0 aliphatic carbocycles. The van der Waals surface area contributed by atoms with Crippen LogP contribution in [0.2, 0.25) is 0 Å². The van der Waals surface area contributed by atoms with E-state index in [9.17, 15) is 32.7 Å².